The van der Waals surface area contributed by atoms with E-state index in [1.807, 2.05) is 19.4 Å². The Balaban J connectivity index is 1.71. The van der Waals surface area contributed by atoms with E-state index in [-0.39, 0.29) is 30.4 Å². The molecule has 2 N–H and O–H groups in total. The Morgan fingerprint density at radius 2 is 2.29 bits per heavy atom. The molecule has 0 aromatic carbocycles. The summed E-state index contributed by atoms with van der Waals surface area (Å²) in [5.74, 6) is 0.407. The Bertz CT molecular complexity index is 711. The molecule has 2 aromatic rings. The number of likely N-dealkylation sites (tertiary alicyclic amines) is 1. The Hall–Kier alpha value is -1.93. The lowest BCUT2D eigenvalue weighted by Gasteiger charge is -2.17. The molecule has 1 fully saturated rings. The van der Waals surface area contributed by atoms with Crippen molar-refractivity contribution in [3.05, 3.63) is 29.2 Å². The minimum absolute atomic E-state index is 0.0333. The summed E-state index contributed by atoms with van der Waals surface area (Å²) in [4.78, 5) is 18.7. The molecule has 2 amide bonds. The zero-order valence-corrected chi connectivity index (χ0v) is 15.0. The van der Waals surface area contributed by atoms with Gasteiger partial charge in [0.25, 0.3) is 0 Å². The van der Waals surface area contributed by atoms with Crippen molar-refractivity contribution in [3.63, 3.8) is 0 Å². The number of carbonyl (C=O) groups excluding carboxylic acids is 1. The molecular weight excluding hydrogens is 326 g/mol. The molecule has 2 atom stereocenters. The van der Waals surface area contributed by atoms with Crippen LogP contribution in [-0.4, -0.2) is 50.5 Å². The second-order valence-electron chi connectivity index (χ2n) is 6.55. The van der Waals surface area contributed by atoms with Crippen LogP contribution in [-0.2, 0) is 7.05 Å². The lowest BCUT2D eigenvalue weighted by Crippen LogP contribution is -2.33. The van der Waals surface area contributed by atoms with Gasteiger partial charge in [-0.05, 0) is 11.5 Å². The quantitative estimate of drug-likeness (QED) is 0.887. The zero-order valence-electron chi connectivity index (χ0n) is 14.1. The number of urea groups is 1. The molecule has 3 heterocycles. The van der Waals surface area contributed by atoms with E-state index in [9.17, 15) is 9.90 Å². The highest BCUT2D eigenvalue weighted by Gasteiger charge is 2.36. The summed E-state index contributed by atoms with van der Waals surface area (Å²) in [6.07, 6.45) is 3.77. The lowest BCUT2D eigenvalue weighted by molar-refractivity contribution is 0.207. The Morgan fingerprint density at radius 1 is 1.50 bits per heavy atom. The third kappa shape index (κ3) is 3.29. The number of aliphatic hydroxyl groups is 1. The van der Waals surface area contributed by atoms with Gasteiger partial charge in [0.05, 0.1) is 17.4 Å². The summed E-state index contributed by atoms with van der Waals surface area (Å²) < 4.78 is 1.75. The van der Waals surface area contributed by atoms with E-state index in [0.29, 0.717) is 13.1 Å². The number of aryl methyl sites for hydroxylation is 1. The maximum absolute atomic E-state index is 12.6. The summed E-state index contributed by atoms with van der Waals surface area (Å²) in [6, 6.07) is -0.133. The number of aromatic nitrogens is 3. The van der Waals surface area contributed by atoms with Gasteiger partial charge in [0.2, 0.25) is 0 Å². The summed E-state index contributed by atoms with van der Waals surface area (Å²) in [7, 11) is 1.87. The molecule has 1 aliphatic rings. The zero-order chi connectivity index (χ0) is 17.3. The molecule has 2 aromatic heterocycles. The van der Waals surface area contributed by atoms with Crippen LogP contribution in [0.4, 0.5) is 9.80 Å². The van der Waals surface area contributed by atoms with Gasteiger partial charge < -0.3 is 10.0 Å². The normalized spacial score (nSPS) is 20.8. The standard InChI is InChI=1S/C16H23N5O2S/c1-10(2)14-15(24-9-17-14)19-16(23)21-6-12(8-22)13(7-21)11-4-18-20(3)5-11/h4-5,9-10,12-13,22H,6-8H2,1-3H3,(H,19,23)/t12-,13-/m0/s1. The minimum Gasteiger partial charge on any atom is -0.396 e. The van der Waals surface area contributed by atoms with Gasteiger partial charge in [-0.15, -0.1) is 11.3 Å². The van der Waals surface area contributed by atoms with E-state index in [0.717, 1.165) is 16.3 Å². The van der Waals surface area contributed by atoms with Crippen LogP contribution in [0, 0.1) is 5.92 Å². The highest BCUT2D eigenvalue weighted by atomic mass is 32.1. The van der Waals surface area contributed by atoms with E-state index in [2.05, 4.69) is 29.2 Å². The lowest BCUT2D eigenvalue weighted by atomic mass is 9.92. The van der Waals surface area contributed by atoms with Gasteiger partial charge in [0.1, 0.15) is 5.00 Å². The largest absolute Gasteiger partial charge is 0.396 e. The first-order chi connectivity index (χ1) is 11.5. The molecule has 3 rings (SSSR count). The fraction of sp³-hybridized carbons (Fsp3) is 0.562. The van der Waals surface area contributed by atoms with Gasteiger partial charge in [-0.1, -0.05) is 13.8 Å². The smallest absolute Gasteiger partial charge is 0.322 e. The predicted molar refractivity (Wildman–Crippen MR) is 93.3 cm³/mol. The van der Waals surface area contributed by atoms with Crippen LogP contribution in [0.3, 0.4) is 0 Å². The topological polar surface area (TPSA) is 83.3 Å². The molecule has 0 saturated carbocycles. The minimum atomic E-state index is -0.133. The van der Waals surface area contributed by atoms with Crippen molar-refractivity contribution in [1.29, 1.82) is 0 Å². The van der Waals surface area contributed by atoms with Crippen molar-refractivity contribution >= 4 is 22.4 Å². The number of hydrogen-bond donors (Lipinski definition) is 2. The molecule has 24 heavy (non-hydrogen) atoms. The van der Waals surface area contributed by atoms with Gasteiger partial charge in [-0.3, -0.25) is 10.00 Å². The summed E-state index contributed by atoms with van der Waals surface area (Å²) in [5.41, 5.74) is 3.73. The Morgan fingerprint density at radius 3 is 2.92 bits per heavy atom. The van der Waals surface area contributed by atoms with Crippen LogP contribution in [0.25, 0.3) is 0 Å². The molecule has 0 bridgehead atoms. The maximum Gasteiger partial charge on any atom is 0.322 e. The van der Waals surface area contributed by atoms with Crippen LogP contribution in [0.5, 0.6) is 0 Å². The number of aliphatic hydroxyl groups excluding tert-OH is 1. The molecule has 0 spiro atoms. The molecule has 7 nitrogen and oxygen atoms in total. The van der Waals surface area contributed by atoms with Gasteiger partial charge in [-0.2, -0.15) is 5.10 Å². The van der Waals surface area contributed by atoms with Crippen molar-refractivity contribution in [3.8, 4) is 0 Å². The third-order valence-corrected chi connectivity index (χ3v) is 5.24. The van der Waals surface area contributed by atoms with Gasteiger partial charge in [0, 0.05) is 44.8 Å². The average Bonchev–Trinajstić information content (AvgIpc) is 3.24. The van der Waals surface area contributed by atoms with Crippen molar-refractivity contribution in [2.24, 2.45) is 13.0 Å². The maximum atomic E-state index is 12.6. The Kier molecular flexibility index (Phi) is 4.86. The number of amides is 2. The van der Waals surface area contributed by atoms with E-state index >= 15 is 0 Å². The number of nitrogens with one attached hydrogen (secondary N) is 1. The highest BCUT2D eigenvalue weighted by molar-refractivity contribution is 7.14. The number of anilines is 1. The highest BCUT2D eigenvalue weighted by Crippen LogP contribution is 2.33. The van der Waals surface area contributed by atoms with Crippen molar-refractivity contribution < 1.29 is 9.90 Å². The van der Waals surface area contributed by atoms with E-state index in [1.165, 1.54) is 11.3 Å². The average molecular weight is 349 g/mol. The molecule has 0 aliphatic carbocycles. The third-order valence-electron chi connectivity index (χ3n) is 4.48. The molecule has 1 saturated heterocycles. The molecule has 1 aliphatic heterocycles. The van der Waals surface area contributed by atoms with E-state index in [1.54, 1.807) is 15.1 Å². The van der Waals surface area contributed by atoms with Crippen LogP contribution in [0.15, 0.2) is 17.9 Å². The first-order valence-corrected chi connectivity index (χ1v) is 8.96. The molecule has 8 heteroatoms. The van der Waals surface area contributed by atoms with E-state index in [4.69, 9.17) is 0 Å². The monoisotopic (exact) mass is 349 g/mol. The summed E-state index contributed by atoms with van der Waals surface area (Å²) >= 11 is 1.44. The molecular formula is C16H23N5O2S. The van der Waals surface area contributed by atoms with Gasteiger partial charge >= 0.3 is 6.03 Å². The van der Waals surface area contributed by atoms with Crippen molar-refractivity contribution in [1.82, 2.24) is 19.7 Å². The fourth-order valence-electron chi connectivity index (χ4n) is 3.17. The summed E-state index contributed by atoms with van der Waals surface area (Å²) in [5, 5.41) is 17.7. The molecule has 130 valence electrons. The first kappa shape index (κ1) is 16.9. The second kappa shape index (κ2) is 6.90. The number of thiazole rings is 1. The first-order valence-electron chi connectivity index (χ1n) is 8.08. The number of nitrogens with zero attached hydrogens (tertiary/aromatic N) is 4. The van der Waals surface area contributed by atoms with Crippen molar-refractivity contribution in [2.75, 3.05) is 25.0 Å². The van der Waals surface area contributed by atoms with E-state index < -0.39 is 0 Å². The molecule has 0 radical (unpaired) electrons. The van der Waals surface area contributed by atoms with Crippen LogP contribution < -0.4 is 5.32 Å². The molecule has 0 unspecified atom stereocenters. The van der Waals surface area contributed by atoms with Gasteiger partial charge in [0.15, 0.2) is 0 Å². The summed E-state index contributed by atoms with van der Waals surface area (Å²) in [6.45, 7) is 5.29. The number of hydrogen-bond acceptors (Lipinski definition) is 5. The number of carbonyl (C=O) groups is 1. The van der Waals surface area contributed by atoms with Crippen LogP contribution in [0.1, 0.15) is 36.9 Å². The number of rotatable bonds is 4. The van der Waals surface area contributed by atoms with Crippen LogP contribution >= 0.6 is 11.3 Å². The fourth-order valence-corrected chi connectivity index (χ4v) is 3.99. The SMILES string of the molecule is CC(C)c1ncsc1NC(=O)N1C[C@@H](CO)[C@H](c2cnn(C)c2)C1. The Labute approximate surface area is 145 Å². The van der Waals surface area contributed by atoms with Gasteiger partial charge in [-0.25, -0.2) is 9.78 Å². The second-order valence-corrected chi connectivity index (χ2v) is 7.41. The van der Waals surface area contributed by atoms with Crippen LogP contribution in [0.2, 0.25) is 0 Å². The predicted octanol–water partition coefficient (Wildman–Crippen LogP) is 2.24. The van der Waals surface area contributed by atoms with Crippen molar-refractivity contribution in [2.45, 2.75) is 25.7 Å².